The normalized spacial score (nSPS) is 11.8. The fourth-order valence-corrected chi connectivity index (χ4v) is 4.93. The van der Waals surface area contributed by atoms with Gasteiger partial charge in [0.1, 0.15) is 5.82 Å². The van der Waals surface area contributed by atoms with Crippen LogP contribution >= 0.6 is 11.6 Å². The molecule has 4 aromatic rings. The number of benzene rings is 3. The number of aromatic nitrogens is 2. The zero-order chi connectivity index (χ0) is 32.0. The van der Waals surface area contributed by atoms with E-state index in [0.717, 1.165) is 6.42 Å². The average Bonchev–Trinajstić information content (AvgIpc) is 3.00. The number of carbonyl (C=O) groups excluding carboxylic acids is 1. The standard InChI is InChI=1S/C33H36ClN3O7/c1-6-10-28-35-26-14-13-23(36(4)33(41)43-19-20(2)3)17-24(26)31(38)37(28)18-21-15-25(34)30(27(16-21)42-5)44-29(32(39)40)22-11-8-7-9-12-22/h7-9,11-17,20,29H,6,10,18-19H2,1-5H3,(H,39,40). The number of carboxylic acids is 1. The Hall–Kier alpha value is -4.57. The van der Waals surface area contributed by atoms with Crippen LogP contribution in [0.4, 0.5) is 10.5 Å². The number of hydrogen-bond acceptors (Lipinski definition) is 7. The Bertz CT molecular complexity index is 1710. The summed E-state index contributed by atoms with van der Waals surface area (Å²) in [7, 11) is 3.02. The molecular formula is C33H36ClN3O7. The number of anilines is 1. The van der Waals surface area contributed by atoms with Crippen LogP contribution in [0.2, 0.25) is 5.02 Å². The molecule has 0 aliphatic heterocycles. The predicted octanol–water partition coefficient (Wildman–Crippen LogP) is 6.49. The van der Waals surface area contributed by atoms with Crippen molar-refractivity contribution in [3.05, 3.63) is 93.0 Å². The van der Waals surface area contributed by atoms with Crippen molar-refractivity contribution in [3.63, 3.8) is 0 Å². The Kier molecular flexibility index (Phi) is 10.5. The first kappa shape index (κ1) is 32.3. The van der Waals surface area contributed by atoms with E-state index in [0.29, 0.717) is 40.0 Å². The molecule has 0 saturated carbocycles. The summed E-state index contributed by atoms with van der Waals surface area (Å²) in [5.74, 6) is -0.114. The summed E-state index contributed by atoms with van der Waals surface area (Å²) in [6, 6.07) is 16.9. The van der Waals surface area contributed by atoms with Gasteiger partial charge >= 0.3 is 12.1 Å². The van der Waals surface area contributed by atoms with Crippen LogP contribution in [0.15, 0.2) is 65.5 Å². The molecule has 1 heterocycles. The minimum Gasteiger partial charge on any atom is -0.493 e. The molecule has 11 heteroatoms. The molecule has 10 nitrogen and oxygen atoms in total. The third kappa shape index (κ3) is 7.31. The fraction of sp³-hybridized carbons (Fsp3) is 0.333. The highest BCUT2D eigenvalue weighted by molar-refractivity contribution is 6.32. The van der Waals surface area contributed by atoms with E-state index in [4.69, 9.17) is 30.8 Å². The van der Waals surface area contributed by atoms with Crippen LogP contribution in [0.25, 0.3) is 10.9 Å². The maximum Gasteiger partial charge on any atom is 0.414 e. The molecule has 0 bridgehead atoms. The van der Waals surface area contributed by atoms with Gasteiger partial charge in [0.25, 0.3) is 5.56 Å². The Balaban J connectivity index is 1.71. The molecule has 1 unspecified atom stereocenters. The molecule has 0 aliphatic rings. The number of amides is 1. The van der Waals surface area contributed by atoms with Gasteiger partial charge in [-0.25, -0.2) is 14.6 Å². The molecule has 4 rings (SSSR count). The molecule has 1 N–H and O–H groups in total. The summed E-state index contributed by atoms with van der Waals surface area (Å²) in [4.78, 5) is 44.6. The minimum absolute atomic E-state index is 0.0731. The highest BCUT2D eigenvalue weighted by Crippen LogP contribution is 2.39. The van der Waals surface area contributed by atoms with Crippen LogP contribution in [0.5, 0.6) is 11.5 Å². The number of aryl methyl sites for hydroxylation is 1. The predicted molar refractivity (Wildman–Crippen MR) is 169 cm³/mol. The number of methoxy groups -OCH3 is 1. The fourth-order valence-electron chi connectivity index (χ4n) is 4.65. The third-order valence-corrected chi connectivity index (χ3v) is 7.16. The first-order valence-corrected chi connectivity index (χ1v) is 14.7. The van der Waals surface area contributed by atoms with Crippen LogP contribution in [0, 0.1) is 5.92 Å². The molecule has 1 amide bonds. The lowest BCUT2D eigenvalue weighted by atomic mass is 10.1. The SMILES string of the molecule is CCCc1nc2ccc(N(C)C(=O)OCC(C)C)cc2c(=O)n1Cc1cc(Cl)c(OC(C(=O)O)c2ccccc2)c(OC)c1. The van der Waals surface area contributed by atoms with Crippen molar-refractivity contribution in [3.8, 4) is 11.5 Å². The van der Waals surface area contributed by atoms with Crippen molar-refractivity contribution in [1.29, 1.82) is 0 Å². The largest absolute Gasteiger partial charge is 0.493 e. The smallest absolute Gasteiger partial charge is 0.414 e. The summed E-state index contributed by atoms with van der Waals surface area (Å²) < 4.78 is 18.3. The van der Waals surface area contributed by atoms with Gasteiger partial charge in [-0.3, -0.25) is 14.3 Å². The van der Waals surface area contributed by atoms with Crippen molar-refractivity contribution < 1.29 is 28.9 Å². The van der Waals surface area contributed by atoms with Crippen molar-refractivity contribution in [2.75, 3.05) is 25.7 Å². The van der Waals surface area contributed by atoms with E-state index in [-0.39, 0.29) is 41.2 Å². The van der Waals surface area contributed by atoms with Crippen molar-refractivity contribution in [2.45, 2.75) is 46.3 Å². The summed E-state index contributed by atoms with van der Waals surface area (Å²) in [6.45, 7) is 6.30. The number of ether oxygens (including phenoxy) is 3. The van der Waals surface area contributed by atoms with Gasteiger partial charge in [-0.1, -0.05) is 62.7 Å². The summed E-state index contributed by atoms with van der Waals surface area (Å²) in [5.41, 5.74) is 1.80. The highest BCUT2D eigenvalue weighted by Gasteiger charge is 2.26. The number of carbonyl (C=O) groups is 2. The quantitative estimate of drug-likeness (QED) is 0.190. The second-order valence-corrected chi connectivity index (χ2v) is 11.2. The highest BCUT2D eigenvalue weighted by atomic mass is 35.5. The topological polar surface area (TPSA) is 120 Å². The first-order chi connectivity index (χ1) is 21.0. The maximum atomic E-state index is 13.9. The number of hydrogen-bond donors (Lipinski definition) is 1. The van der Waals surface area contributed by atoms with E-state index >= 15 is 0 Å². The molecule has 0 aliphatic carbocycles. The molecule has 0 spiro atoms. The molecule has 44 heavy (non-hydrogen) atoms. The van der Waals surface area contributed by atoms with Crippen molar-refractivity contribution >= 4 is 40.3 Å². The van der Waals surface area contributed by atoms with E-state index in [1.165, 1.54) is 12.0 Å². The minimum atomic E-state index is -1.31. The zero-order valence-electron chi connectivity index (χ0n) is 25.4. The number of nitrogens with zero attached hydrogens (tertiary/aromatic N) is 3. The van der Waals surface area contributed by atoms with Gasteiger partial charge in [-0.15, -0.1) is 0 Å². The van der Waals surface area contributed by atoms with Gasteiger partial charge in [0.2, 0.25) is 6.10 Å². The first-order valence-electron chi connectivity index (χ1n) is 14.3. The summed E-state index contributed by atoms with van der Waals surface area (Å²) >= 11 is 6.63. The van der Waals surface area contributed by atoms with Gasteiger partial charge in [-0.05, 0) is 48.2 Å². The number of halogens is 1. The van der Waals surface area contributed by atoms with Gasteiger partial charge in [0.15, 0.2) is 11.5 Å². The Morgan fingerprint density at radius 1 is 1.09 bits per heavy atom. The second-order valence-electron chi connectivity index (χ2n) is 10.8. The summed E-state index contributed by atoms with van der Waals surface area (Å²) in [5, 5.41) is 10.3. The summed E-state index contributed by atoms with van der Waals surface area (Å²) in [6.07, 6.45) is -0.521. The number of aliphatic carboxylic acids is 1. The van der Waals surface area contributed by atoms with Gasteiger partial charge in [0.05, 0.1) is 36.2 Å². The van der Waals surface area contributed by atoms with Crippen LogP contribution in [0.3, 0.4) is 0 Å². The second kappa shape index (κ2) is 14.3. The monoisotopic (exact) mass is 621 g/mol. The molecule has 1 atom stereocenters. The Morgan fingerprint density at radius 2 is 1.82 bits per heavy atom. The molecule has 3 aromatic carbocycles. The molecule has 0 saturated heterocycles. The number of rotatable bonds is 12. The molecule has 232 valence electrons. The maximum absolute atomic E-state index is 13.9. The van der Waals surface area contributed by atoms with E-state index in [1.807, 2.05) is 20.8 Å². The molecular weight excluding hydrogens is 586 g/mol. The van der Waals surface area contributed by atoms with Gasteiger partial charge in [0, 0.05) is 24.7 Å². The van der Waals surface area contributed by atoms with E-state index in [9.17, 15) is 19.5 Å². The van der Waals surface area contributed by atoms with E-state index in [1.54, 1.807) is 72.3 Å². The number of carboxylic acid groups (broad SMARTS) is 1. The lowest BCUT2D eigenvalue weighted by molar-refractivity contribution is -0.145. The Labute approximate surface area is 260 Å². The van der Waals surface area contributed by atoms with Crippen molar-refractivity contribution in [1.82, 2.24) is 9.55 Å². The van der Waals surface area contributed by atoms with Gasteiger partial charge < -0.3 is 19.3 Å². The molecule has 1 aromatic heterocycles. The Morgan fingerprint density at radius 3 is 2.45 bits per heavy atom. The third-order valence-electron chi connectivity index (χ3n) is 6.88. The van der Waals surface area contributed by atoms with Crippen LogP contribution in [-0.2, 0) is 22.5 Å². The van der Waals surface area contributed by atoms with E-state index in [2.05, 4.69) is 0 Å². The lowest BCUT2D eigenvalue weighted by Gasteiger charge is -2.20. The lowest BCUT2D eigenvalue weighted by Crippen LogP contribution is -2.29. The van der Waals surface area contributed by atoms with Gasteiger partial charge in [-0.2, -0.15) is 0 Å². The average molecular weight is 622 g/mol. The van der Waals surface area contributed by atoms with Crippen molar-refractivity contribution in [2.24, 2.45) is 5.92 Å². The molecule has 0 fully saturated rings. The zero-order valence-corrected chi connectivity index (χ0v) is 26.1. The number of fused-ring (bicyclic) bond motifs is 1. The van der Waals surface area contributed by atoms with E-state index < -0.39 is 18.2 Å². The van der Waals surface area contributed by atoms with Crippen LogP contribution in [0.1, 0.15) is 50.2 Å². The molecule has 0 radical (unpaired) electrons. The van der Waals surface area contributed by atoms with Crippen LogP contribution in [-0.4, -0.2) is 47.5 Å². The van der Waals surface area contributed by atoms with Crippen LogP contribution < -0.4 is 19.9 Å².